The van der Waals surface area contributed by atoms with Gasteiger partial charge in [-0.1, -0.05) is 71.0 Å². The van der Waals surface area contributed by atoms with Gasteiger partial charge in [0.1, 0.15) is 5.75 Å². The Kier molecular flexibility index (Phi) is 7.46. The Labute approximate surface area is 164 Å². The summed E-state index contributed by atoms with van der Waals surface area (Å²) >= 11 is 0. The Bertz CT molecular complexity index is 710. The first-order valence-corrected chi connectivity index (χ1v) is 9.84. The van der Waals surface area contributed by atoms with Crippen LogP contribution in [0.5, 0.6) is 5.75 Å². The molecular weight excluding hydrogens is 334 g/mol. The number of aryl methyl sites for hydroxylation is 1. The van der Waals surface area contributed by atoms with Gasteiger partial charge in [-0.15, -0.1) is 0 Å². The van der Waals surface area contributed by atoms with E-state index in [-0.39, 0.29) is 17.9 Å². The zero-order valence-corrected chi connectivity index (χ0v) is 17.3. The van der Waals surface area contributed by atoms with Crippen molar-refractivity contribution in [2.24, 2.45) is 0 Å². The summed E-state index contributed by atoms with van der Waals surface area (Å²) in [7, 11) is 0. The SMILES string of the molecule is CC(C)c1ccc(CCCNC(=O)COc2ccc(C(C)(C)C)cc2)cc1. The van der Waals surface area contributed by atoms with Crippen LogP contribution in [0.2, 0.25) is 0 Å². The summed E-state index contributed by atoms with van der Waals surface area (Å²) in [6, 6.07) is 16.7. The lowest BCUT2D eigenvalue weighted by Gasteiger charge is -2.19. The van der Waals surface area contributed by atoms with Crippen molar-refractivity contribution < 1.29 is 9.53 Å². The molecule has 3 heteroatoms. The van der Waals surface area contributed by atoms with Crippen LogP contribution in [0.3, 0.4) is 0 Å². The highest BCUT2D eigenvalue weighted by Gasteiger charge is 2.13. The molecule has 0 unspecified atom stereocenters. The van der Waals surface area contributed by atoms with Crippen LogP contribution in [0.25, 0.3) is 0 Å². The maximum absolute atomic E-state index is 11.9. The molecule has 0 fully saturated rings. The Balaban J connectivity index is 1.66. The molecule has 0 aliphatic heterocycles. The number of rotatable bonds is 8. The van der Waals surface area contributed by atoms with Gasteiger partial charge in [-0.3, -0.25) is 4.79 Å². The van der Waals surface area contributed by atoms with Crippen molar-refractivity contribution in [1.82, 2.24) is 5.32 Å². The maximum Gasteiger partial charge on any atom is 0.257 e. The van der Waals surface area contributed by atoms with Crippen LogP contribution < -0.4 is 10.1 Å². The third-order valence-corrected chi connectivity index (χ3v) is 4.70. The van der Waals surface area contributed by atoms with Crippen molar-refractivity contribution in [3.63, 3.8) is 0 Å². The molecule has 1 amide bonds. The number of carbonyl (C=O) groups excluding carboxylic acids is 1. The van der Waals surface area contributed by atoms with E-state index in [1.54, 1.807) is 0 Å². The highest BCUT2D eigenvalue weighted by atomic mass is 16.5. The maximum atomic E-state index is 11.9. The van der Waals surface area contributed by atoms with E-state index in [1.165, 1.54) is 16.7 Å². The molecule has 1 N–H and O–H groups in total. The van der Waals surface area contributed by atoms with Gasteiger partial charge >= 0.3 is 0 Å². The normalized spacial score (nSPS) is 11.5. The second-order valence-corrected chi connectivity index (χ2v) is 8.41. The van der Waals surface area contributed by atoms with Crippen molar-refractivity contribution in [2.75, 3.05) is 13.2 Å². The Morgan fingerprint density at radius 2 is 1.63 bits per heavy atom. The lowest BCUT2D eigenvalue weighted by molar-refractivity contribution is -0.123. The zero-order valence-electron chi connectivity index (χ0n) is 17.3. The van der Waals surface area contributed by atoms with Crippen LogP contribution in [0.4, 0.5) is 0 Å². The molecule has 2 rings (SSSR count). The number of carbonyl (C=O) groups is 1. The van der Waals surface area contributed by atoms with E-state index in [4.69, 9.17) is 4.74 Å². The van der Waals surface area contributed by atoms with Gasteiger partial charge in [-0.2, -0.15) is 0 Å². The van der Waals surface area contributed by atoms with E-state index in [0.29, 0.717) is 12.5 Å². The summed E-state index contributed by atoms with van der Waals surface area (Å²) in [6.45, 7) is 11.6. The number of amides is 1. The Morgan fingerprint density at radius 1 is 1.00 bits per heavy atom. The largest absolute Gasteiger partial charge is 0.484 e. The molecule has 2 aromatic rings. The monoisotopic (exact) mass is 367 g/mol. The molecular formula is C24H33NO2. The Morgan fingerprint density at radius 3 is 2.19 bits per heavy atom. The van der Waals surface area contributed by atoms with Crippen molar-refractivity contribution in [3.8, 4) is 5.75 Å². The smallest absolute Gasteiger partial charge is 0.257 e. The van der Waals surface area contributed by atoms with E-state index >= 15 is 0 Å². The lowest BCUT2D eigenvalue weighted by Crippen LogP contribution is -2.29. The minimum absolute atomic E-state index is 0.0535. The Hall–Kier alpha value is -2.29. The summed E-state index contributed by atoms with van der Waals surface area (Å²) in [5.74, 6) is 1.21. The van der Waals surface area contributed by atoms with Gasteiger partial charge in [0.25, 0.3) is 5.91 Å². The second-order valence-electron chi connectivity index (χ2n) is 8.41. The van der Waals surface area contributed by atoms with Gasteiger partial charge in [-0.05, 0) is 53.0 Å². The minimum atomic E-state index is -0.0787. The molecule has 0 saturated heterocycles. The average Bonchev–Trinajstić information content (AvgIpc) is 2.63. The topological polar surface area (TPSA) is 38.3 Å². The molecule has 0 aliphatic carbocycles. The molecule has 3 nitrogen and oxygen atoms in total. The molecule has 0 aromatic heterocycles. The van der Waals surface area contributed by atoms with E-state index in [1.807, 2.05) is 12.1 Å². The molecule has 0 bridgehead atoms. The van der Waals surface area contributed by atoms with E-state index in [9.17, 15) is 4.79 Å². The first-order chi connectivity index (χ1) is 12.8. The third kappa shape index (κ3) is 7.09. The summed E-state index contributed by atoms with van der Waals surface area (Å²) in [6.07, 6.45) is 1.89. The predicted octanol–water partition coefficient (Wildman–Crippen LogP) is 5.24. The second kappa shape index (κ2) is 9.59. The molecule has 0 saturated carbocycles. The zero-order chi connectivity index (χ0) is 19.9. The van der Waals surface area contributed by atoms with Crippen LogP contribution in [0.1, 0.15) is 63.6 Å². The van der Waals surface area contributed by atoms with Crippen LogP contribution in [-0.4, -0.2) is 19.1 Å². The number of ether oxygens (including phenoxy) is 1. The van der Waals surface area contributed by atoms with Crippen LogP contribution in [-0.2, 0) is 16.6 Å². The van der Waals surface area contributed by atoms with Crippen molar-refractivity contribution in [3.05, 3.63) is 65.2 Å². The fourth-order valence-corrected chi connectivity index (χ4v) is 2.84. The summed E-state index contributed by atoms with van der Waals surface area (Å²) in [5.41, 5.74) is 4.04. The van der Waals surface area contributed by atoms with Gasteiger partial charge in [-0.25, -0.2) is 0 Å². The fourth-order valence-electron chi connectivity index (χ4n) is 2.84. The quantitative estimate of drug-likeness (QED) is 0.648. The molecule has 0 spiro atoms. The molecule has 0 aliphatic rings. The highest BCUT2D eigenvalue weighted by Crippen LogP contribution is 2.24. The van der Waals surface area contributed by atoms with Gasteiger partial charge in [0.05, 0.1) is 0 Å². The van der Waals surface area contributed by atoms with E-state index in [0.717, 1.165) is 18.6 Å². The summed E-state index contributed by atoms with van der Waals surface area (Å²) < 4.78 is 5.57. The van der Waals surface area contributed by atoms with Gasteiger partial charge in [0, 0.05) is 6.54 Å². The molecule has 27 heavy (non-hydrogen) atoms. The summed E-state index contributed by atoms with van der Waals surface area (Å²) in [4.78, 5) is 11.9. The number of hydrogen-bond donors (Lipinski definition) is 1. The van der Waals surface area contributed by atoms with Crippen LogP contribution in [0.15, 0.2) is 48.5 Å². The van der Waals surface area contributed by atoms with E-state index in [2.05, 4.69) is 76.3 Å². The van der Waals surface area contributed by atoms with E-state index < -0.39 is 0 Å². The summed E-state index contributed by atoms with van der Waals surface area (Å²) in [5, 5.41) is 2.92. The fraction of sp³-hybridized carbons (Fsp3) is 0.458. The number of nitrogens with one attached hydrogen (secondary N) is 1. The van der Waals surface area contributed by atoms with Gasteiger partial charge < -0.3 is 10.1 Å². The third-order valence-electron chi connectivity index (χ3n) is 4.70. The van der Waals surface area contributed by atoms with Gasteiger partial charge in [0.15, 0.2) is 6.61 Å². The van der Waals surface area contributed by atoms with Crippen LogP contribution in [0, 0.1) is 0 Å². The lowest BCUT2D eigenvalue weighted by atomic mass is 9.87. The predicted molar refractivity (Wildman–Crippen MR) is 112 cm³/mol. The number of benzene rings is 2. The molecule has 2 aromatic carbocycles. The molecule has 0 radical (unpaired) electrons. The minimum Gasteiger partial charge on any atom is -0.484 e. The molecule has 0 heterocycles. The first-order valence-electron chi connectivity index (χ1n) is 9.84. The molecule has 0 atom stereocenters. The van der Waals surface area contributed by atoms with Crippen molar-refractivity contribution >= 4 is 5.91 Å². The standard InChI is InChI=1S/C24H33NO2/c1-18(2)20-10-8-19(9-11-20)7-6-16-25-23(26)17-27-22-14-12-21(13-15-22)24(3,4)5/h8-15,18H,6-7,16-17H2,1-5H3,(H,25,26). The van der Waals surface area contributed by atoms with Gasteiger partial charge in [0.2, 0.25) is 0 Å². The van der Waals surface area contributed by atoms with Crippen molar-refractivity contribution in [1.29, 1.82) is 0 Å². The highest BCUT2D eigenvalue weighted by molar-refractivity contribution is 5.77. The molecule has 146 valence electrons. The first kappa shape index (κ1) is 21.0. The van der Waals surface area contributed by atoms with Crippen LogP contribution >= 0.6 is 0 Å². The average molecular weight is 368 g/mol. The van der Waals surface area contributed by atoms with Crippen molar-refractivity contribution in [2.45, 2.75) is 58.8 Å². The number of hydrogen-bond acceptors (Lipinski definition) is 2.